The van der Waals surface area contributed by atoms with E-state index in [1.165, 1.54) is 5.57 Å². The van der Waals surface area contributed by atoms with Crippen LogP contribution >= 0.6 is 12.2 Å². The molecule has 0 aromatic carbocycles. The molecule has 1 rings (SSSR count). The molecule has 0 heterocycles. The van der Waals surface area contributed by atoms with Crippen LogP contribution in [0, 0.1) is 0 Å². The molecule has 142 valence electrons. The van der Waals surface area contributed by atoms with Gasteiger partial charge in [-0.1, -0.05) is 37.2 Å². The van der Waals surface area contributed by atoms with Crippen molar-refractivity contribution in [2.45, 2.75) is 57.5 Å². The van der Waals surface area contributed by atoms with Crippen LogP contribution in [-0.4, -0.2) is 53.1 Å². The third-order valence-corrected chi connectivity index (χ3v) is 4.36. The Balaban J connectivity index is 2.03. The highest BCUT2D eigenvalue weighted by molar-refractivity contribution is 7.80. The smallest absolute Gasteiger partial charge is 0.340 e. The second-order valence-corrected chi connectivity index (χ2v) is 6.75. The van der Waals surface area contributed by atoms with Gasteiger partial charge in [-0.2, -0.15) is 0 Å². The van der Waals surface area contributed by atoms with Crippen LogP contribution in [-0.2, 0) is 14.3 Å². The number of thiocarbonyl (C=S) groups is 1. The van der Waals surface area contributed by atoms with Gasteiger partial charge in [0.15, 0.2) is 5.60 Å². The van der Waals surface area contributed by atoms with Crippen molar-refractivity contribution in [3.63, 3.8) is 0 Å². The highest BCUT2D eigenvalue weighted by Crippen LogP contribution is 2.17. The average molecular weight is 371 g/mol. The summed E-state index contributed by atoms with van der Waals surface area (Å²) in [5.41, 5.74) is -0.549. The van der Waals surface area contributed by atoms with Crippen LogP contribution in [0.15, 0.2) is 23.8 Å². The van der Waals surface area contributed by atoms with Crippen molar-refractivity contribution in [1.29, 1.82) is 0 Å². The minimum Gasteiger partial charge on any atom is -0.464 e. The molecule has 1 atom stereocenters. The van der Waals surface area contributed by atoms with E-state index in [-0.39, 0.29) is 13.0 Å². The molecule has 0 aliphatic heterocycles. The van der Waals surface area contributed by atoms with E-state index in [1.54, 1.807) is 6.92 Å². The predicted molar refractivity (Wildman–Crippen MR) is 102 cm³/mol. The third-order valence-electron chi connectivity index (χ3n) is 4.08. The number of esters is 1. The molecule has 0 saturated heterocycles. The Bertz CT molecular complexity index is 486. The lowest BCUT2D eigenvalue weighted by molar-refractivity contribution is -0.170. The standard InChI is InChI=1S/C19H30O5S/c1-2-24-18(21)19(22,15-20)11-5-3-4-6-12-23-13-10-16-8-7-9-17(25)14-16/h7-8,14,20,22H,2-6,9-13,15H2,1H3. The van der Waals surface area contributed by atoms with Gasteiger partial charge < -0.3 is 19.7 Å². The van der Waals surface area contributed by atoms with Gasteiger partial charge >= 0.3 is 5.97 Å². The number of hydrogen-bond donors (Lipinski definition) is 2. The third kappa shape index (κ3) is 8.72. The van der Waals surface area contributed by atoms with Gasteiger partial charge in [-0.25, -0.2) is 4.79 Å². The molecule has 1 unspecified atom stereocenters. The topological polar surface area (TPSA) is 76.0 Å². The van der Waals surface area contributed by atoms with Crippen molar-refractivity contribution in [1.82, 2.24) is 0 Å². The van der Waals surface area contributed by atoms with Gasteiger partial charge in [0.2, 0.25) is 0 Å². The number of allylic oxidation sites excluding steroid dienone is 3. The summed E-state index contributed by atoms with van der Waals surface area (Å²) in [4.78, 5) is 12.6. The molecule has 0 aromatic heterocycles. The molecule has 6 heteroatoms. The maximum atomic E-state index is 11.6. The molecule has 1 aliphatic rings. The Hall–Kier alpha value is -1.08. The van der Waals surface area contributed by atoms with Crippen LogP contribution in [0.4, 0.5) is 0 Å². The summed E-state index contributed by atoms with van der Waals surface area (Å²) in [6, 6.07) is 0. The van der Waals surface area contributed by atoms with Crippen LogP contribution < -0.4 is 0 Å². The second kappa shape index (κ2) is 12.3. The number of hydrogen-bond acceptors (Lipinski definition) is 6. The zero-order valence-electron chi connectivity index (χ0n) is 15.0. The van der Waals surface area contributed by atoms with E-state index in [1.807, 2.05) is 6.08 Å². The van der Waals surface area contributed by atoms with E-state index in [4.69, 9.17) is 21.7 Å². The summed E-state index contributed by atoms with van der Waals surface area (Å²) >= 11 is 5.18. The van der Waals surface area contributed by atoms with Crippen molar-refractivity contribution < 1.29 is 24.5 Å². The van der Waals surface area contributed by atoms with Crippen molar-refractivity contribution in [2.24, 2.45) is 0 Å². The number of carbonyl (C=O) groups excluding carboxylic acids is 1. The molecule has 25 heavy (non-hydrogen) atoms. The molecule has 5 nitrogen and oxygen atoms in total. The SMILES string of the molecule is CCOC(=O)C(O)(CO)CCCCCCOCCC1=CC(=S)CC=C1. The summed E-state index contributed by atoms with van der Waals surface area (Å²) < 4.78 is 10.4. The second-order valence-electron chi connectivity index (χ2n) is 6.23. The Morgan fingerprint density at radius 3 is 2.72 bits per heavy atom. The van der Waals surface area contributed by atoms with Crippen molar-refractivity contribution in [3.05, 3.63) is 23.8 Å². The van der Waals surface area contributed by atoms with Crippen molar-refractivity contribution >= 4 is 23.1 Å². The summed E-state index contributed by atoms with van der Waals surface area (Å²) in [5.74, 6) is -0.744. The zero-order chi connectivity index (χ0) is 18.5. The van der Waals surface area contributed by atoms with Crippen LogP contribution in [0.25, 0.3) is 0 Å². The molecule has 0 saturated carbocycles. The maximum absolute atomic E-state index is 11.6. The minimum atomic E-state index is -1.77. The molecule has 0 spiro atoms. The first kappa shape index (κ1) is 22.0. The highest BCUT2D eigenvalue weighted by atomic mass is 32.1. The highest BCUT2D eigenvalue weighted by Gasteiger charge is 2.36. The number of ether oxygens (including phenoxy) is 2. The van der Waals surface area contributed by atoms with E-state index in [0.29, 0.717) is 19.6 Å². The summed E-state index contributed by atoms with van der Waals surface area (Å²) in [6.45, 7) is 2.64. The minimum absolute atomic E-state index is 0.191. The molecule has 0 bridgehead atoms. The van der Waals surface area contributed by atoms with Crippen LogP contribution in [0.3, 0.4) is 0 Å². The van der Waals surface area contributed by atoms with Crippen LogP contribution in [0.2, 0.25) is 0 Å². The average Bonchev–Trinajstić information content (AvgIpc) is 2.60. The molecular weight excluding hydrogens is 340 g/mol. The number of rotatable bonds is 13. The zero-order valence-corrected chi connectivity index (χ0v) is 15.9. The van der Waals surface area contributed by atoms with Crippen LogP contribution in [0.1, 0.15) is 51.9 Å². The molecule has 1 aliphatic carbocycles. The fourth-order valence-electron chi connectivity index (χ4n) is 2.57. The lowest BCUT2D eigenvalue weighted by Crippen LogP contribution is -2.43. The number of unbranched alkanes of at least 4 members (excludes halogenated alkanes) is 3. The van der Waals surface area contributed by atoms with E-state index in [0.717, 1.165) is 37.0 Å². The van der Waals surface area contributed by atoms with Gasteiger partial charge in [0.05, 0.1) is 19.8 Å². The number of aliphatic hydroxyl groups excluding tert-OH is 1. The molecular formula is C19H30O5S. The van der Waals surface area contributed by atoms with Gasteiger partial charge in [-0.15, -0.1) is 0 Å². The van der Waals surface area contributed by atoms with E-state index >= 15 is 0 Å². The monoisotopic (exact) mass is 370 g/mol. The number of carbonyl (C=O) groups is 1. The largest absolute Gasteiger partial charge is 0.464 e. The Kier molecular flexibility index (Phi) is 10.8. The van der Waals surface area contributed by atoms with Gasteiger partial charge in [0.1, 0.15) is 0 Å². The molecule has 0 amide bonds. The Morgan fingerprint density at radius 2 is 2.04 bits per heavy atom. The fourth-order valence-corrected chi connectivity index (χ4v) is 2.82. The normalized spacial score (nSPS) is 16.4. The maximum Gasteiger partial charge on any atom is 0.340 e. The predicted octanol–water partition coefficient (Wildman–Crippen LogP) is 2.89. The van der Waals surface area contributed by atoms with E-state index in [9.17, 15) is 15.0 Å². The van der Waals surface area contributed by atoms with Crippen LogP contribution in [0.5, 0.6) is 0 Å². The van der Waals surface area contributed by atoms with Crippen molar-refractivity contribution in [2.75, 3.05) is 26.4 Å². The lowest BCUT2D eigenvalue weighted by Gasteiger charge is -2.23. The Morgan fingerprint density at radius 1 is 1.28 bits per heavy atom. The molecule has 2 N–H and O–H groups in total. The first-order valence-corrected chi connectivity index (χ1v) is 9.41. The molecule has 0 aromatic rings. The first-order valence-electron chi connectivity index (χ1n) is 9.00. The van der Waals surface area contributed by atoms with Crippen molar-refractivity contribution in [3.8, 4) is 0 Å². The Labute approximate surface area is 155 Å². The van der Waals surface area contributed by atoms with Gasteiger partial charge in [0.25, 0.3) is 0 Å². The molecule has 0 fully saturated rings. The first-order chi connectivity index (χ1) is 12.0. The molecule has 0 radical (unpaired) electrons. The lowest BCUT2D eigenvalue weighted by atomic mass is 9.97. The van der Waals surface area contributed by atoms with E-state index in [2.05, 4.69) is 12.2 Å². The number of aliphatic hydroxyl groups is 2. The summed E-state index contributed by atoms with van der Waals surface area (Å²) in [5, 5.41) is 19.3. The summed E-state index contributed by atoms with van der Waals surface area (Å²) in [6.07, 6.45) is 11.6. The van der Waals surface area contributed by atoms with Gasteiger partial charge in [0, 0.05) is 17.9 Å². The fraction of sp³-hybridized carbons (Fsp3) is 0.684. The summed E-state index contributed by atoms with van der Waals surface area (Å²) in [7, 11) is 0. The van der Waals surface area contributed by atoms with Gasteiger partial charge in [-0.05, 0) is 44.3 Å². The quantitative estimate of drug-likeness (QED) is 0.295. The van der Waals surface area contributed by atoms with Gasteiger partial charge in [-0.3, -0.25) is 0 Å². The van der Waals surface area contributed by atoms with E-state index < -0.39 is 18.2 Å².